The standard InChI is InChI=1S/C17H19Br2NO/c1-11(2)15-9-14(19)7-8-16(15)21-17(10-20)12-3-5-13(18)6-4-12/h3-9,11,17H,10,20H2,1-2H3. The number of rotatable bonds is 5. The zero-order valence-corrected chi connectivity index (χ0v) is 15.3. The van der Waals surface area contributed by atoms with Crippen LogP contribution in [0.15, 0.2) is 51.4 Å². The maximum atomic E-state index is 6.18. The van der Waals surface area contributed by atoms with Crippen LogP contribution in [-0.2, 0) is 0 Å². The maximum absolute atomic E-state index is 6.18. The molecule has 0 amide bonds. The van der Waals surface area contributed by atoms with Crippen LogP contribution < -0.4 is 10.5 Å². The average molecular weight is 413 g/mol. The summed E-state index contributed by atoms with van der Waals surface area (Å²) in [7, 11) is 0. The van der Waals surface area contributed by atoms with Crippen molar-refractivity contribution in [1.29, 1.82) is 0 Å². The van der Waals surface area contributed by atoms with Crippen molar-refractivity contribution in [3.8, 4) is 5.75 Å². The van der Waals surface area contributed by atoms with E-state index >= 15 is 0 Å². The highest BCUT2D eigenvalue weighted by Crippen LogP contribution is 2.32. The minimum absolute atomic E-state index is 0.142. The Morgan fingerprint density at radius 1 is 1.00 bits per heavy atom. The third kappa shape index (κ3) is 4.31. The predicted molar refractivity (Wildman–Crippen MR) is 94.8 cm³/mol. The second-order valence-corrected chi connectivity index (χ2v) is 7.06. The second kappa shape index (κ2) is 7.43. The van der Waals surface area contributed by atoms with E-state index < -0.39 is 0 Å². The lowest BCUT2D eigenvalue weighted by molar-refractivity contribution is 0.211. The summed E-state index contributed by atoms with van der Waals surface area (Å²) in [5.74, 6) is 1.28. The molecule has 0 radical (unpaired) electrons. The van der Waals surface area contributed by atoms with Crippen LogP contribution in [0.2, 0.25) is 0 Å². The molecule has 0 saturated heterocycles. The molecule has 2 N–H and O–H groups in total. The molecule has 0 aliphatic rings. The van der Waals surface area contributed by atoms with E-state index in [0.29, 0.717) is 12.5 Å². The van der Waals surface area contributed by atoms with Gasteiger partial charge in [-0.15, -0.1) is 0 Å². The summed E-state index contributed by atoms with van der Waals surface area (Å²) >= 11 is 6.96. The Labute approximate surface area is 143 Å². The molecule has 112 valence electrons. The van der Waals surface area contributed by atoms with Gasteiger partial charge in [-0.05, 0) is 47.4 Å². The van der Waals surface area contributed by atoms with Crippen molar-refractivity contribution >= 4 is 31.9 Å². The highest BCUT2D eigenvalue weighted by molar-refractivity contribution is 9.10. The molecule has 0 aliphatic carbocycles. The molecule has 0 bridgehead atoms. The lowest BCUT2D eigenvalue weighted by Gasteiger charge is -2.21. The van der Waals surface area contributed by atoms with Crippen LogP contribution in [0.25, 0.3) is 0 Å². The zero-order valence-electron chi connectivity index (χ0n) is 12.1. The number of nitrogens with two attached hydrogens (primary N) is 1. The second-order valence-electron chi connectivity index (χ2n) is 5.23. The molecule has 0 aromatic heterocycles. The molecule has 0 aliphatic heterocycles. The summed E-state index contributed by atoms with van der Waals surface area (Å²) in [6.45, 7) is 4.76. The number of benzene rings is 2. The number of hydrogen-bond acceptors (Lipinski definition) is 2. The quantitative estimate of drug-likeness (QED) is 0.711. The van der Waals surface area contributed by atoms with Crippen LogP contribution in [0.5, 0.6) is 5.75 Å². The Hall–Kier alpha value is -0.840. The van der Waals surface area contributed by atoms with Gasteiger partial charge in [0.2, 0.25) is 0 Å². The first-order chi connectivity index (χ1) is 10.0. The minimum Gasteiger partial charge on any atom is -0.484 e. The zero-order chi connectivity index (χ0) is 15.4. The van der Waals surface area contributed by atoms with Gasteiger partial charge in [-0.3, -0.25) is 0 Å². The lowest BCUT2D eigenvalue weighted by Crippen LogP contribution is -2.19. The lowest BCUT2D eigenvalue weighted by atomic mass is 10.0. The van der Waals surface area contributed by atoms with Crippen molar-refractivity contribution < 1.29 is 4.74 Å². The summed E-state index contributed by atoms with van der Waals surface area (Å²) in [6, 6.07) is 14.2. The van der Waals surface area contributed by atoms with E-state index in [1.54, 1.807) is 0 Å². The molecule has 21 heavy (non-hydrogen) atoms. The summed E-state index contributed by atoms with van der Waals surface area (Å²) in [5.41, 5.74) is 8.16. The molecular weight excluding hydrogens is 394 g/mol. The highest BCUT2D eigenvalue weighted by Gasteiger charge is 2.15. The number of halogens is 2. The van der Waals surface area contributed by atoms with Gasteiger partial charge in [0.1, 0.15) is 11.9 Å². The molecular formula is C17H19Br2NO. The van der Waals surface area contributed by atoms with Crippen molar-refractivity contribution in [2.45, 2.75) is 25.9 Å². The Morgan fingerprint density at radius 2 is 1.62 bits per heavy atom. The monoisotopic (exact) mass is 411 g/mol. The van der Waals surface area contributed by atoms with Gasteiger partial charge in [0.15, 0.2) is 0 Å². The van der Waals surface area contributed by atoms with E-state index in [-0.39, 0.29) is 6.10 Å². The van der Waals surface area contributed by atoms with E-state index in [9.17, 15) is 0 Å². The molecule has 4 heteroatoms. The molecule has 2 rings (SSSR count). The van der Waals surface area contributed by atoms with Gasteiger partial charge in [-0.25, -0.2) is 0 Å². The smallest absolute Gasteiger partial charge is 0.136 e. The fourth-order valence-corrected chi connectivity index (χ4v) is 2.80. The van der Waals surface area contributed by atoms with Gasteiger partial charge in [0.05, 0.1) is 0 Å². The van der Waals surface area contributed by atoms with Crippen LogP contribution in [0, 0.1) is 0 Å². The number of hydrogen-bond donors (Lipinski definition) is 1. The van der Waals surface area contributed by atoms with Gasteiger partial charge in [0, 0.05) is 15.5 Å². The SMILES string of the molecule is CC(C)c1cc(Br)ccc1OC(CN)c1ccc(Br)cc1. The summed E-state index contributed by atoms with van der Waals surface area (Å²) in [6.07, 6.45) is -0.142. The Balaban J connectivity index is 2.28. The van der Waals surface area contributed by atoms with E-state index in [2.05, 4.69) is 51.8 Å². The van der Waals surface area contributed by atoms with E-state index in [4.69, 9.17) is 10.5 Å². The van der Waals surface area contributed by atoms with E-state index in [1.807, 2.05) is 36.4 Å². The van der Waals surface area contributed by atoms with Crippen molar-refractivity contribution in [2.24, 2.45) is 5.73 Å². The molecule has 0 spiro atoms. The van der Waals surface area contributed by atoms with Crippen molar-refractivity contribution in [2.75, 3.05) is 6.54 Å². The van der Waals surface area contributed by atoms with Crippen LogP contribution in [0.3, 0.4) is 0 Å². The molecule has 1 atom stereocenters. The van der Waals surface area contributed by atoms with E-state index in [0.717, 1.165) is 20.3 Å². The van der Waals surface area contributed by atoms with Crippen LogP contribution >= 0.6 is 31.9 Å². The van der Waals surface area contributed by atoms with Crippen molar-refractivity contribution in [1.82, 2.24) is 0 Å². The molecule has 2 aromatic carbocycles. The Bertz CT molecular complexity index is 596. The minimum atomic E-state index is -0.142. The van der Waals surface area contributed by atoms with Crippen LogP contribution in [0.1, 0.15) is 37.0 Å². The normalized spacial score (nSPS) is 12.5. The van der Waals surface area contributed by atoms with Gasteiger partial charge in [0.25, 0.3) is 0 Å². The predicted octanol–water partition coefficient (Wildman–Crippen LogP) is 5.41. The molecule has 1 unspecified atom stereocenters. The largest absolute Gasteiger partial charge is 0.484 e. The van der Waals surface area contributed by atoms with Crippen molar-refractivity contribution in [3.05, 3.63) is 62.5 Å². The summed E-state index contributed by atoms with van der Waals surface area (Å²) < 4.78 is 8.29. The third-order valence-electron chi connectivity index (χ3n) is 3.32. The maximum Gasteiger partial charge on any atom is 0.136 e. The average Bonchev–Trinajstić information content (AvgIpc) is 2.47. The molecule has 2 nitrogen and oxygen atoms in total. The molecule has 2 aromatic rings. The topological polar surface area (TPSA) is 35.2 Å². The van der Waals surface area contributed by atoms with Crippen molar-refractivity contribution in [3.63, 3.8) is 0 Å². The van der Waals surface area contributed by atoms with Gasteiger partial charge in [-0.2, -0.15) is 0 Å². The third-order valence-corrected chi connectivity index (χ3v) is 4.34. The Morgan fingerprint density at radius 3 is 2.19 bits per heavy atom. The summed E-state index contributed by atoms with van der Waals surface area (Å²) in [4.78, 5) is 0. The molecule has 0 fully saturated rings. The highest BCUT2D eigenvalue weighted by atomic mass is 79.9. The summed E-state index contributed by atoms with van der Waals surface area (Å²) in [5, 5.41) is 0. The van der Waals surface area contributed by atoms with Gasteiger partial charge in [-0.1, -0.05) is 57.8 Å². The van der Waals surface area contributed by atoms with Gasteiger partial charge >= 0.3 is 0 Å². The fraction of sp³-hybridized carbons (Fsp3) is 0.294. The first kappa shape index (κ1) is 16.5. The van der Waals surface area contributed by atoms with Crippen LogP contribution in [0.4, 0.5) is 0 Å². The van der Waals surface area contributed by atoms with E-state index in [1.165, 1.54) is 5.56 Å². The molecule has 0 saturated carbocycles. The first-order valence-electron chi connectivity index (χ1n) is 6.93. The van der Waals surface area contributed by atoms with Gasteiger partial charge < -0.3 is 10.5 Å². The molecule has 0 heterocycles. The number of ether oxygens (including phenoxy) is 1. The Kier molecular flexibility index (Phi) is 5.85. The first-order valence-corrected chi connectivity index (χ1v) is 8.51. The fourth-order valence-electron chi connectivity index (χ4n) is 2.16. The van der Waals surface area contributed by atoms with Crippen LogP contribution in [-0.4, -0.2) is 6.54 Å².